The number of rotatable bonds is 5. The lowest BCUT2D eigenvalue weighted by atomic mass is 10.3. The highest BCUT2D eigenvalue weighted by Gasteiger charge is 2.29. The summed E-state index contributed by atoms with van der Waals surface area (Å²) in [4.78, 5) is 15.9. The third-order valence-electron chi connectivity index (χ3n) is 3.57. The first kappa shape index (κ1) is 13.9. The number of carbonyl (C=O) groups is 1. The van der Waals surface area contributed by atoms with E-state index in [-0.39, 0.29) is 5.91 Å². The number of hydrogen-bond donors (Lipinski definition) is 0. The van der Waals surface area contributed by atoms with E-state index in [0.717, 1.165) is 16.7 Å². The number of carbonyl (C=O) groups excluding carboxylic acids is 1. The molecular weight excluding hydrogens is 336 g/mol. The van der Waals surface area contributed by atoms with E-state index in [1.807, 2.05) is 30.2 Å². The summed E-state index contributed by atoms with van der Waals surface area (Å²) >= 11 is 5.19. The Balaban J connectivity index is 1.82. The summed E-state index contributed by atoms with van der Waals surface area (Å²) in [5, 5.41) is 2.05. The van der Waals surface area contributed by atoms with Crippen molar-refractivity contribution in [2.75, 3.05) is 6.54 Å². The Morgan fingerprint density at radius 3 is 2.95 bits per heavy atom. The largest absolute Gasteiger partial charge is 0.339 e. The Morgan fingerprint density at radius 1 is 1.55 bits per heavy atom. The average Bonchev–Trinajstić information content (AvgIpc) is 3.01. The van der Waals surface area contributed by atoms with Gasteiger partial charge in [-0.2, -0.15) is 0 Å². The second kappa shape index (κ2) is 5.74. The van der Waals surface area contributed by atoms with Gasteiger partial charge in [-0.05, 0) is 53.2 Å². The monoisotopic (exact) mass is 352 g/mol. The van der Waals surface area contributed by atoms with Crippen molar-refractivity contribution >= 4 is 33.2 Å². The SMILES string of the molecule is CCN(Cc1cccs1)C(=O)c1cc(Br)cn1C1CC1. The Labute approximate surface area is 131 Å². The van der Waals surface area contributed by atoms with Crippen LogP contribution in [0.25, 0.3) is 0 Å². The third kappa shape index (κ3) is 2.83. The average molecular weight is 353 g/mol. The normalized spacial score (nSPS) is 14.5. The number of aromatic nitrogens is 1. The minimum Gasteiger partial charge on any atom is -0.339 e. The first-order valence-electron chi connectivity index (χ1n) is 6.88. The molecule has 2 heterocycles. The zero-order valence-corrected chi connectivity index (χ0v) is 13.8. The summed E-state index contributed by atoms with van der Waals surface area (Å²) in [6, 6.07) is 6.57. The number of nitrogens with zero attached hydrogens (tertiary/aromatic N) is 2. The number of thiophene rings is 1. The van der Waals surface area contributed by atoms with Crippen LogP contribution in [-0.2, 0) is 6.54 Å². The molecule has 0 aliphatic heterocycles. The summed E-state index contributed by atoms with van der Waals surface area (Å²) in [6.45, 7) is 3.45. The smallest absolute Gasteiger partial charge is 0.270 e. The van der Waals surface area contributed by atoms with Crippen LogP contribution in [0.15, 0.2) is 34.2 Å². The van der Waals surface area contributed by atoms with Crippen molar-refractivity contribution in [1.29, 1.82) is 0 Å². The summed E-state index contributed by atoms with van der Waals surface area (Å²) in [5.74, 6) is 0.124. The van der Waals surface area contributed by atoms with Crippen LogP contribution in [0.2, 0.25) is 0 Å². The van der Waals surface area contributed by atoms with Crippen LogP contribution in [0.3, 0.4) is 0 Å². The van der Waals surface area contributed by atoms with Gasteiger partial charge in [0.05, 0.1) is 6.54 Å². The first-order valence-corrected chi connectivity index (χ1v) is 8.55. The molecule has 0 radical (unpaired) electrons. The molecule has 2 aromatic rings. The zero-order chi connectivity index (χ0) is 14.1. The van der Waals surface area contributed by atoms with Crippen LogP contribution in [0.5, 0.6) is 0 Å². The molecule has 3 nitrogen and oxygen atoms in total. The van der Waals surface area contributed by atoms with Gasteiger partial charge in [0.15, 0.2) is 0 Å². The van der Waals surface area contributed by atoms with Gasteiger partial charge in [0, 0.05) is 28.1 Å². The second-order valence-electron chi connectivity index (χ2n) is 5.08. The molecule has 3 rings (SSSR count). The van der Waals surface area contributed by atoms with Crippen LogP contribution in [0.4, 0.5) is 0 Å². The fourth-order valence-electron chi connectivity index (χ4n) is 2.35. The van der Waals surface area contributed by atoms with Crippen LogP contribution in [-0.4, -0.2) is 21.9 Å². The molecule has 0 unspecified atom stereocenters. The Bertz CT molecular complexity index is 601. The first-order chi connectivity index (χ1) is 9.69. The molecule has 0 spiro atoms. The van der Waals surface area contributed by atoms with E-state index in [1.54, 1.807) is 11.3 Å². The lowest BCUT2D eigenvalue weighted by Crippen LogP contribution is -2.31. The maximum absolute atomic E-state index is 12.8. The second-order valence-corrected chi connectivity index (χ2v) is 7.03. The van der Waals surface area contributed by atoms with Crippen molar-refractivity contribution in [2.45, 2.75) is 32.4 Å². The minimum atomic E-state index is 0.124. The molecule has 106 valence electrons. The molecule has 0 aromatic carbocycles. The molecule has 1 fully saturated rings. The quantitative estimate of drug-likeness (QED) is 0.786. The predicted molar refractivity (Wildman–Crippen MR) is 85.1 cm³/mol. The molecule has 20 heavy (non-hydrogen) atoms. The molecule has 0 saturated heterocycles. The van der Waals surface area contributed by atoms with Crippen molar-refractivity contribution in [3.8, 4) is 0 Å². The standard InChI is InChI=1S/C15H17BrN2OS/c1-2-17(10-13-4-3-7-20-13)15(19)14-8-11(16)9-18(14)12-5-6-12/h3-4,7-9,12H,2,5-6,10H2,1H3. The van der Waals surface area contributed by atoms with E-state index >= 15 is 0 Å². The van der Waals surface area contributed by atoms with Crippen LogP contribution in [0, 0.1) is 0 Å². The molecule has 1 amide bonds. The zero-order valence-electron chi connectivity index (χ0n) is 11.4. The van der Waals surface area contributed by atoms with Crippen molar-refractivity contribution in [3.05, 3.63) is 44.8 Å². The van der Waals surface area contributed by atoms with E-state index in [4.69, 9.17) is 0 Å². The van der Waals surface area contributed by atoms with Gasteiger partial charge in [-0.25, -0.2) is 0 Å². The molecule has 0 atom stereocenters. The molecule has 1 aliphatic rings. The highest BCUT2D eigenvalue weighted by atomic mass is 79.9. The van der Waals surface area contributed by atoms with Gasteiger partial charge in [0.2, 0.25) is 0 Å². The van der Waals surface area contributed by atoms with E-state index < -0.39 is 0 Å². The van der Waals surface area contributed by atoms with Gasteiger partial charge in [-0.3, -0.25) is 4.79 Å². The summed E-state index contributed by atoms with van der Waals surface area (Å²) in [6.07, 6.45) is 4.39. The van der Waals surface area contributed by atoms with Gasteiger partial charge in [0.1, 0.15) is 5.69 Å². The molecule has 1 aliphatic carbocycles. The summed E-state index contributed by atoms with van der Waals surface area (Å²) < 4.78 is 3.11. The Hall–Kier alpha value is -1.07. The maximum Gasteiger partial charge on any atom is 0.270 e. The molecular formula is C15H17BrN2OS. The van der Waals surface area contributed by atoms with Crippen molar-refractivity contribution in [2.24, 2.45) is 0 Å². The number of amides is 1. The van der Waals surface area contributed by atoms with E-state index in [0.29, 0.717) is 12.6 Å². The topological polar surface area (TPSA) is 25.2 Å². The predicted octanol–water partition coefficient (Wildman–Crippen LogP) is 4.31. The van der Waals surface area contributed by atoms with Gasteiger partial charge in [-0.15, -0.1) is 11.3 Å². The lowest BCUT2D eigenvalue weighted by molar-refractivity contribution is 0.0743. The third-order valence-corrected chi connectivity index (χ3v) is 4.87. The van der Waals surface area contributed by atoms with Gasteiger partial charge in [-0.1, -0.05) is 6.07 Å². The van der Waals surface area contributed by atoms with Gasteiger partial charge < -0.3 is 9.47 Å². The van der Waals surface area contributed by atoms with Gasteiger partial charge >= 0.3 is 0 Å². The van der Waals surface area contributed by atoms with Crippen molar-refractivity contribution < 1.29 is 4.79 Å². The van der Waals surface area contributed by atoms with Crippen molar-refractivity contribution in [1.82, 2.24) is 9.47 Å². The van der Waals surface area contributed by atoms with Crippen LogP contribution >= 0.6 is 27.3 Å². The summed E-state index contributed by atoms with van der Waals surface area (Å²) in [5.41, 5.74) is 0.804. The molecule has 0 N–H and O–H groups in total. The fourth-order valence-corrected chi connectivity index (χ4v) is 3.51. The lowest BCUT2D eigenvalue weighted by Gasteiger charge is -2.21. The van der Waals surface area contributed by atoms with Crippen LogP contribution < -0.4 is 0 Å². The van der Waals surface area contributed by atoms with Gasteiger partial charge in [0.25, 0.3) is 5.91 Å². The fraction of sp³-hybridized carbons (Fsp3) is 0.400. The Kier molecular flexibility index (Phi) is 3.98. The van der Waals surface area contributed by atoms with E-state index in [2.05, 4.69) is 31.9 Å². The number of halogens is 1. The Morgan fingerprint density at radius 2 is 2.35 bits per heavy atom. The highest BCUT2D eigenvalue weighted by molar-refractivity contribution is 9.10. The molecule has 1 saturated carbocycles. The van der Waals surface area contributed by atoms with E-state index in [9.17, 15) is 4.79 Å². The number of hydrogen-bond acceptors (Lipinski definition) is 2. The summed E-state index contributed by atoms with van der Waals surface area (Å²) in [7, 11) is 0. The molecule has 2 aromatic heterocycles. The minimum absolute atomic E-state index is 0.124. The molecule has 5 heteroatoms. The van der Waals surface area contributed by atoms with Crippen LogP contribution in [0.1, 0.15) is 41.2 Å². The maximum atomic E-state index is 12.8. The highest BCUT2D eigenvalue weighted by Crippen LogP contribution is 2.37. The van der Waals surface area contributed by atoms with Crippen molar-refractivity contribution in [3.63, 3.8) is 0 Å². The molecule has 0 bridgehead atoms. The van der Waals surface area contributed by atoms with E-state index in [1.165, 1.54) is 17.7 Å².